The molecule has 4 aliphatic carbocycles. The number of thiocarbonyl (C=S) groups is 3. The van der Waals surface area contributed by atoms with E-state index in [0.29, 0.717) is 11.3 Å². The molecule has 29 heavy (non-hydrogen) atoms. The summed E-state index contributed by atoms with van der Waals surface area (Å²) >= 11 is 16.8. The zero-order valence-electron chi connectivity index (χ0n) is 17.3. The van der Waals surface area contributed by atoms with Crippen molar-refractivity contribution in [3.8, 4) is 0 Å². The van der Waals surface area contributed by atoms with Gasteiger partial charge in [-0.15, -0.1) is 0 Å². The summed E-state index contributed by atoms with van der Waals surface area (Å²) in [6.07, 6.45) is 8.50. The van der Waals surface area contributed by atoms with Gasteiger partial charge in [-0.3, -0.25) is 0 Å². The Kier molecular flexibility index (Phi) is 4.16. The van der Waals surface area contributed by atoms with E-state index in [9.17, 15) is 0 Å². The molecule has 6 heteroatoms. The van der Waals surface area contributed by atoms with E-state index in [1.807, 2.05) is 39.0 Å². The average molecular weight is 451 g/mol. The van der Waals surface area contributed by atoms with Gasteiger partial charge < -0.3 is 9.47 Å². The van der Waals surface area contributed by atoms with Crippen LogP contribution in [0.25, 0.3) is 0 Å². The predicted octanol–water partition coefficient (Wildman–Crippen LogP) is 5.67. The summed E-state index contributed by atoms with van der Waals surface area (Å²) in [6.45, 7) is 8.05. The first-order valence-corrected chi connectivity index (χ1v) is 11.7. The summed E-state index contributed by atoms with van der Waals surface area (Å²) in [6, 6.07) is 0. The molecule has 0 spiro atoms. The van der Waals surface area contributed by atoms with E-state index < -0.39 is 22.5 Å². The summed E-state index contributed by atoms with van der Waals surface area (Å²) in [4.78, 5) is 1.27. The molecule has 0 radical (unpaired) electrons. The summed E-state index contributed by atoms with van der Waals surface area (Å²) in [5.41, 5.74) is -2.30. The van der Waals surface area contributed by atoms with Crippen LogP contribution in [-0.4, -0.2) is 38.3 Å². The minimum atomic E-state index is -1.57. The molecule has 156 valence electrons. The number of allylic oxidation sites excluding steroid dienone is 4. The number of hydrogen-bond acceptors (Lipinski definition) is 5. The molecule has 1 saturated heterocycles. The molecule has 3 saturated carbocycles. The van der Waals surface area contributed by atoms with Crippen LogP contribution in [0.3, 0.4) is 0 Å². The number of fused-ring (bicyclic) bond motifs is 7. The van der Waals surface area contributed by atoms with Crippen molar-refractivity contribution in [3.63, 3.8) is 0 Å². The van der Waals surface area contributed by atoms with E-state index in [0.717, 1.165) is 29.7 Å². The molecule has 0 aromatic rings. The highest BCUT2D eigenvalue weighted by Crippen LogP contribution is 2.71. The molecule has 4 fully saturated rings. The van der Waals surface area contributed by atoms with Gasteiger partial charge in [0.15, 0.2) is 11.5 Å². The molecule has 0 aromatic heterocycles. The number of hydrogen-bond donors (Lipinski definition) is 0. The maximum absolute atomic E-state index is 17.2. The minimum Gasteiger partial charge on any atom is -0.344 e. The minimum absolute atomic E-state index is 0.0974. The van der Waals surface area contributed by atoms with E-state index in [4.69, 9.17) is 46.1 Å². The second-order valence-electron chi connectivity index (χ2n) is 10.3. The molecule has 1 heterocycles. The van der Waals surface area contributed by atoms with Gasteiger partial charge in [0.2, 0.25) is 0 Å². The van der Waals surface area contributed by atoms with Gasteiger partial charge in [0.25, 0.3) is 0 Å². The van der Waals surface area contributed by atoms with Gasteiger partial charge in [-0.2, -0.15) is 0 Å². The van der Waals surface area contributed by atoms with Crippen molar-refractivity contribution in [2.24, 2.45) is 22.7 Å². The third-order valence-corrected chi connectivity index (χ3v) is 9.69. The first-order valence-electron chi connectivity index (χ1n) is 10.4. The van der Waals surface area contributed by atoms with Crippen molar-refractivity contribution in [3.05, 3.63) is 23.8 Å². The van der Waals surface area contributed by atoms with Crippen molar-refractivity contribution in [1.29, 1.82) is 0 Å². The predicted molar refractivity (Wildman–Crippen MR) is 124 cm³/mol. The lowest BCUT2D eigenvalue weighted by Gasteiger charge is -2.61. The van der Waals surface area contributed by atoms with Crippen molar-refractivity contribution < 1.29 is 13.9 Å². The highest BCUT2D eigenvalue weighted by Gasteiger charge is 2.76. The zero-order chi connectivity index (χ0) is 21.0. The van der Waals surface area contributed by atoms with Crippen LogP contribution in [0.15, 0.2) is 23.8 Å². The van der Waals surface area contributed by atoms with Gasteiger partial charge in [0.05, 0.1) is 6.10 Å². The molecule has 5 rings (SSSR count). The smallest absolute Gasteiger partial charge is 0.164 e. The van der Waals surface area contributed by atoms with Crippen LogP contribution in [0.1, 0.15) is 53.4 Å². The summed E-state index contributed by atoms with van der Waals surface area (Å²) < 4.78 is 30.0. The van der Waals surface area contributed by atoms with Crippen LogP contribution in [0.5, 0.6) is 0 Å². The van der Waals surface area contributed by atoms with E-state index in [-0.39, 0.29) is 23.4 Å². The molecule has 5 aliphatic rings. The standard InChI is InChI=1S/C23H27FO2S3/c1-19(2)25-17-10-16-15-6-5-13-9-14(28)7-8-20(13,3)23(15,24)18(29)11-21(16,4)22(17,12-27)26-19/h7-9,12,15-17H,5-6,10-11H2,1-4H3/t15?,16?,17?,20?,21?,22?,23-/m0/s1. The largest absolute Gasteiger partial charge is 0.344 e. The molecule has 2 nitrogen and oxygen atoms in total. The summed E-state index contributed by atoms with van der Waals surface area (Å²) in [5, 5.41) is 1.75. The van der Waals surface area contributed by atoms with Gasteiger partial charge in [-0.25, -0.2) is 4.39 Å². The zero-order valence-corrected chi connectivity index (χ0v) is 19.7. The fourth-order valence-electron chi connectivity index (χ4n) is 7.27. The van der Waals surface area contributed by atoms with Crippen molar-refractivity contribution in [2.45, 2.75) is 76.5 Å². The van der Waals surface area contributed by atoms with Gasteiger partial charge in [0, 0.05) is 31.8 Å². The number of rotatable bonds is 1. The van der Waals surface area contributed by atoms with Gasteiger partial charge in [0.1, 0.15) is 5.60 Å². The number of alkyl halides is 1. The lowest BCUT2D eigenvalue weighted by molar-refractivity contribution is -0.191. The Balaban J connectivity index is 1.63. The van der Waals surface area contributed by atoms with E-state index in [1.165, 1.54) is 0 Å². The van der Waals surface area contributed by atoms with Crippen LogP contribution in [0, 0.1) is 22.7 Å². The molecule has 0 N–H and O–H groups in total. The molecule has 0 amide bonds. The fraction of sp³-hybridized carbons (Fsp3) is 0.696. The monoisotopic (exact) mass is 450 g/mol. The Hall–Kier alpha value is -0.400. The van der Waals surface area contributed by atoms with Crippen LogP contribution in [-0.2, 0) is 9.47 Å². The third-order valence-electron chi connectivity index (χ3n) is 8.65. The van der Waals surface area contributed by atoms with Crippen LogP contribution in [0.4, 0.5) is 4.39 Å². The van der Waals surface area contributed by atoms with Gasteiger partial charge >= 0.3 is 0 Å². The molecule has 1 aliphatic heterocycles. The third kappa shape index (κ3) is 2.25. The number of ether oxygens (including phenoxy) is 2. The average Bonchev–Trinajstić information content (AvgIpc) is 3.03. The van der Waals surface area contributed by atoms with Crippen LogP contribution in [0.2, 0.25) is 0 Å². The SMILES string of the molecule is CC1(C)OC2CC3C4CCC5=CC(=S)C=CC5(C)[C@@]4(F)C(=S)CC3(C)C2(C=S)O1. The second-order valence-corrected chi connectivity index (χ2v) is 11.5. The van der Waals surface area contributed by atoms with Crippen molar-refractivity contribution in [1.82, 2.24) is 0 Å². The Labute approximate surface area is 188 Å². The molecule has 0 bridgehead atoms. The second kappa shape index (κ2) is 5.89. The Morgan fingerprint density at radius 2 is 1.90 bits per heavy atom. The molecular formula is C23H27FO2S3. The number of halogens is 1. The van der Waals surface area contributed by atoms with E-state index in [2.05, 4.69) is 6.92 Å². The van der Waals surface area contributed by atoms with Crippen molar-refractivity contribution in [2.75, 3.05) is 0 Å². The highest BCUT2D eigenvalue weighted by atomic mass is 32.1. The maximum atomic E-state index is 17.2. The Morgan fingerprint density at radius 3 is 2.59 bits per heavy atom. The highest BCUT2D eigenvalue weighted by molar-refractivity contribution is 7.81. The van der Waals surface area contributed by atoms with Gasteiger partial charge in [-0.05, 0) is 64.5 Å². The summed E-state index contributed by atoms with van der Waals surface area (Å²) in [5.74, 6) is -0.782. The van der Waals surface area contributed by atoms with Crippen LogP contribution >= 0.6 is 36.7 Å². The normalized spacial score (nSPS) is 52.3. The molecule has 7 atom stereocenters. The first-order chi connectivity index (χ1) is 13.4. The van der Waals surface area contributed by atoms with Crippen molar-refractivity contribution >= 4 is 51.8 Å². The Morgan fingerprint density at radius 1 is 1.17 bits per heavy atom. The lowest BCUT2D eigenvalue weighted by Crippen LogP contribution is -2.67. The quantitative estimate of drug-likeness (QED) is 0.478. The molecule has 0 aromatic carbocycles. The molecular weight excluding hydrogens is 423 g/mol. The maximum Gasteiger partial charge on any atom is 0.164 e. The topological polar surface area (TPSA) is 18.5 Å². The molecule has 6 unspecified atom stereocenters. The van der Waals surface area contributed by atoms with Gasteiger partial charge in [-0.1, -0.05) is 55.2 Å². The first kappa shape index (κ1) is 20.5. The summed E-state index contributed by atoms with van der Waals surface area (Å²) in [7, 11) is 0. The lowest BCUT2D eigenvalue weighted by atomic mass is 9.45. The van der Waals surface area contributed by atoms with Crippen LogP contribution < -0.4 is 0 Å². The Bertz CT molecular complexity index is 910. The fourth-order valence-corrected chi connectivity index (χ4v) is 8.61. The van der Waals surface area contributed by atoms with E-state index >= 15 is 4.39 Å². The van der Waals surface area contributed by atoms with E-state index in [1.54, 1.807) is 5.37 Å².